The molecule has 1 N–H and O–H groups in total. The predicted octanol–water partition coefficient (Wildman–Crippen LogP) is 3.25. The van der Waals surface area contributed by atoms with E-state index in [4.69, 9.17) is 11.6 Å². The van der Waals surface area contributed by atoms with E-state index in [-0.39, 0.29) is 16.9 Å². The van der Waals surface area contributed by atoms with E-state index in [0.29, 0.717) is 0 Å². The molecule has 0 aliphatic heterocycles. The van der Waals surface area contributed by atoms with Crippen LogP contribution in [-0.2, 0) is 12.8 Å². The molecule has 100 valence electrons. The van der Waals surface area contributed by atoms with E-state index in [1.807, 2.05) is 31.4 Å². The maximum atomic E-state index is 13.4. The molecule has 2 rings (SSSR count). The Labute approximate surface area is 117 Å². The third-order valence-electron chi connectivity index (χ3n) is 3.08. The van der Waals surface area contributed by atoms with E-state index in [1.165, 1.54) is 6.07 Å². The first-order chi connectivity index (χ1) is 9.19. The third kappa shape index (κ3) is 4.01. The summed E-state index contributed by atoms with van der Waals surface area (Å²) in [7, 11) is 1.91. The maximum Gasteiger partial charge on any atom is 0.142 e. The van der Waals surface area contributed by atoms with Crippen molar-refractivity contribution in [2.45, 2.75) is 18.9 Å². The van der Waals surface area contributed by atoms with Crippen LogP contribution in [-0.4, -0.2) is 18.1 Å². The molecule has 0 bridgehead atoms. The Balaban J connectivity index is 2.04. The number of hydrogen-bond acceptors (Lipinski definition) is 2. The molecule has 1 unspecified atom stereocenters. The minimum Gasteiger partial charge on any atom is -0.316 e. The SMILES string of the molecule is CNC(Cc1cccnc1)Cc1ccc(Cl)c(F)c1. The van der Waals surface area contributed by atoms with Gasteiger partial charge in [0.25, 0.3) is 0 Å². The minimum absolute atomic E-state index is 0.164. The summed E-state index contributed by atoms with van der Waals surface area (Å²) in [6, 6.07) is 9.16. The average molecular weight is 279 g/mol. The Kier molecular flexibility index (Phi) is 4.88. The van der Waals surface area contributed by atoms with Crippen molar-refractivity contribution >= 4 is 11.6 Å². The smallest absolute Gasteiger partial charge is 0.142 e. The molecule has 1 aromatic carbocycles. The standard InChI is InChI=1S/C15H16ClFN2/c1-18-13(8-12-3-2-6-19-10-12)7-11-4-5-14(16)15(17)9-11/h2-6,9-10,13,18H,7-8H2,1H3. The van der Waals surface area contributed by atoms with Crippen LogP contribution in [0.15, 0.2) is 42.7 Å². The van der Waals surface area contributed by atoms with Crippen molar-refractivity contribution in [2.75, 3.05) is 7.05 Å². The second-order valence-electron chi connectivity index (χ2n) is 4.50. The minimum atomic E-state index is -0.365. The van der Waals surface area contributed by atoms with Gasteiger partial charge in [-0.3, -0.25) is 4.98 Å². The van der Waals surface area contributed by atoms with Crippen LogP contribution in [0.4, 0.5) is 4.39 Å². The van der Waals surface area contributed by atoms with Gasteiger partial charge in [0.05, 0.1) is 5.02 Å². The highest BCUT2D eigenvalue weighted by Crippen LogP contribution is 2.17. The fourth-order valence-electron chi connectivity index (χ4n) is 2.03. The number of benzene rings is 1. The Morgan fingerprint density at radius 3 is 2.68 bits per heavy atom. The van der Waals surface area contributed by atoms with Crippen LogP contribution in [0.3, 0.4) is 0 Å². The molecule has 0 aliphatic rings. The molecule has 4 heteroatoms. The van der Waals surface area contributed by atoms with Gasteiger partial charge in [-0.05, 0) is 49.2 Å². The lowest BCUT2D eigenvalue weighted by Crippen LogP contribution is -2.30. The number of aromatic nitrogens is 1. The van der Waals surface area contributed by atoms with E-state index >= 15 is 0 Å². The van der Waals surface area contributed by atoms with Gasteiger partial charge in [-0.25, -0.2) is 4.39 Å². The van der Waals surface area contributed by atoms with Crippen LogP contribution in [0.2, 0.25) is 5.02 Å². The van der Waals surface area contributed by atoms with Crippen molar-refractivity contribution in [3.05, 3.63) is 64.7 Å². The summed E-state index contributed by atoms with van der Waals surface area (Å²) in [5.74, 6) is -0.365. The summed E-state index contributed by atoms with van der Waals surface area (Å²) in [6.45, 7) is 0. The van der Waals surface area contributed by atoms with Gasteiger partial charge in [0.15, 0.2) is 0 Å². The fourth-order valence-corrected chi connectivity index (χ4v) is 2.15. The summed E-state index contributed by atoms with van der Waals surface area (Å²) in [5.41, 5.74) is 2.10. The molecular weight excluding hydrogens is 263 g/mol. The number of hydrogen-bond donors (Lipinski definition) is 1. The second-order valence-corrected chi connectivity index (χ2v) is 4.91. The van der Waals surface area contributed by atoms with Gasteiger partial charge in [0, 0.05) is 18.4 Å². The van der Waals surface area contributed by atoms with E-state index in [0.717, 1.165) is 24.0 Å². The van der Waals surface area contributed by atoms with Crippen molar-refractivity contribution in [2.24, 2.45) is 0 Å². The predicted molar refractivity (Wildman–Crippen MR) is 75.9 cm³/mol. The van der Waals surface area contributed by atoms with E-state index < -0.39 is 0 Å². The maximum absolute atomic E-state index is 13.4. The molecule has 2 aromatic rings. The highest BCUT2D eigenvalue weighted by atomic mass is 35.5. The number of nitrogens with zero attached hydrogens (tertiary/aromatic N) is 1. The Bertz CT molecular complexity index is 531. The zero-order valence-corrected chi connectivity index (χ0v) is 11.5. The van der Waals surface area contributed by atoms with Crippen molar-refractivity contribution < 1.29 is 4.39 Å². The molecule has 0 saturated heterocycles. The quantitative estimate of drug-likeness (QED) is 0.908. The number of likely N-dealkylation sites (N-methyl/N-ethyl adjacent to an activating group) is 1. The molecule has 0 fully saturated rings. The zero-order valence-electron chi connectivity index (χ0n) is 10.7. The van der Waals surface area contributed by atoms with E-state index in [2.05, 4.69) is 10.3 Å². The second kappa shape index (κ2) is 6.64. The number of pyridine rings is 1. The lowest BCUT2D eigenvalue weighted by atomic mass is 10.00. The normalized spacial score (nSPS) is 12.4. The van der Waals surface area contributed by atoms with Crippen molar-refractivity contribution in [1.29, 1.82) is 0 Å². The number of halogens is 2. The molecular formula is C15H16ClFN2. The number of nitrogens with one attached hydrogen (secondary N) is 1. The molecule has 0 amide bonds. The average Bonchev–Trinajstić information content (AvgIpc) is 2.43. The van der Waals surface area contributed by atoms with Crippen molar-refractivity contribution in [3.8, 4) is 0 Å². The lowest BCUT2D eigenvalue weighted by molar-refractivity contribution is 0.552. The molecule has 1 atom stereocenters. The van der Waals surface area contributed by atoms with Gasteiger partial charge in [-0.2, -0.15) is 0 Å². The Morgan fingerprint density at radius 2 is 2.05 bits per heavy atom. The van der Waals surface area contributed by atoms with Crippen LogP contribution in [0, 0.1) is 5.82 Å². The Hall–Kier alpha value is -1.45. The largest absolute Gasteiger partial charge is 0.316 e. The summed E-state index contributed by atoms with van der Waals surface area (Å²) < 4.78 is 13.4. The lowest BCUT2D eigenvalue weighted by Gasteiger charge is -2.16. The first kappa shape index (κ1) is 14.0. The first-order valence-corrected chi connectivity index (χ1v) is 6.57. The van der Waals surface area contributed by atoms with Gasteiger partial charge >= 0.3 is 0 Å². The molecule has 19 heavy (non-hydrogen) atoms. The fraction of sp³-hybridized carbons (Fsp3) is 0.267. The van der Waals surface area contributed by atoms with Crippen LogP contribution >= 0.6 is 11.6 Å². The summed E-state index contributed by atoms with van der Waals surface area (Å²) in [5, 5.41) is 3.41. The van der Waals surface area contributed by atoms with Gasteiger partial charge in [0.2, 0.25) is 0 Å². The Morgan fingerprint density at radius 1 is 1.26 bits per heavy atom. The van der Waals surface area contributed by atoms with Crippen LogP contribution in [0.5, 0.6) is 0 Å². The topological polar surface area (TPSA) is 24.9 Å². The van der Waals surface area contributed by atoms with Gasteiger partial charge in [-0.15, -0.1) is 0 Å². The molecule has 1 aromatic heterocycles. The highest BCUT2D eigenvalue weighted by molar-refractivity contribution is 6.30. The molecule has 0 spiro atoms. The molecule has 2 nitrogen and oxygen atoms in total. The van der Waals surface area contributed by atoms with Gasteiger partial charge in [-0.1, -0.05) is 23.7 Å². The molecule has 0 radical (unpaired) electrons. The van der Waals surface area contributed by atoms with Gasteiger partial charge in [0.1, 0.15) is 5.82 Å². The van der Waals surface area contributed by atoms with E-state index in [9.17, 15) is 4.39 Å². The van der Waals surface area contributed by atoms with Crippen molar-refractivity contribution in [1.82, 2.24) is 10.3 Å². The monoisotopic (exact) mass is 278 g/mol. The first-order valence-electron chi connectivity index (χ1n) is 6.19. The summed E-state index contributed by atoms with van der Waals surface area (Å²) in [4.78, 5) is 4.10. The highest BCUT2D eigenvalue weighted by Gasteiger charge is 2.10. The summed E-state index contributed by atoms with van der Waals surface area (Å²) >= 11 is 5.68. The van der Waals surface area contributed by atoms with Crippen LogP contribution in [0.25, 0.3) is 0 Å². The van der Waals surface area contributed by atoms with Crippen LogP contribution < -0.4 is 5.32 Å². The molecule has 0 aliphatic carbocycles. The van der Waals surface area contributed by atoms with Crippen LogP contribution in [0.1, 0.15) is 11.1 Å². The molecule has 0 saturated carbocycles. The zero-order chi connectivity index (χ0) is 13.7. The third-order valence-corrected chi connectivity index (χ3v) is 3.39. The number of rotatable bonds is 5. The molecule has 1 heterocycles. The summed E-state index contributed by atoms with van der Waals surface area (Å²) in [6.07, 6.45) is 5.22. The van der Waals surface area contributed by atoms with E-state index in [1.54, 1.807) is 12.3 Å². The van der Waals surface area contributed by atoms with Crippen molar-refractivity contribution in [3.63, 3.8) is 0 Å². The van der Waals surface area contributed by atoms with Gasteiger partial charge < -0.3 is 5.32 Å².